The Bertz CT molecular complexity index is 667. The molecule has 2 heterocycles. The highest BCUT2D eigenvalue weighted by molar-refractivity contribution is 5.94. The van der Waals surface area contributed by atoms with Gasteiger partial charge in [-0.1, -0.05) is 6.07 Å². The Balaban J connectivity index is 1.67. The van der Waals surface area contributed by atoms with Crippen molar-refractivity contribution in [2.75, 3.05) is 31.7 Å². The van der Waals surface area contributed by atoms with Gasteiger partial charge in [-0.05, 0) is 55.7 Å². The van der Waals surface area contributed by atoms with Crippen molar-refractivity contribution in [1.82, 2.24) is 10.3 Å². The van der Waals surface area contributed by atoms with E-state index in [2.05, 4.69) is 15.2 Å². The first-order valence-electron chi connectivity index (χ1n) is 8.83. The Hall–Kier alpha value is -2.40. The summed E-state index contributed by atoms with van der Waals surface area (Å²) in [4.78, 5) is 19.3. The number of aromatic nitrogens is 1. The molecule has 3 rings (SSSR count). The third-order valence-corrected chi connectivity index (χ3v) is 4.53. The van der Waals surface area contributed by atoms with Gasteiger partial charge >= 0.3 is 0 Å². The molecule has 1 aromatic heterocycles. The summed E-state index contributed by atoms with van der Waals surface area (Å²) in [5.41, 5.74) is 2.63. The molecule has 132 valence electrons. The van der Waals surface area contributed by atoms with Crippen LogP contribution < -0.4 is 10.2 Å². The van der Waals surface area contributed by atoms with E-state index in [9.17, 15) is 4.79 Å². The number of hydrogen-bond donors (Lipinski definition) is 1. The second-order valence-corrected chi connectivity index (χ2v) is 6.33. The van der Waals surface area contributed by atoms with Crippen LogP contribution in [0.2, 0.25) is 0 Å². The standard InChI is InChI=1S/C20H25N3O2/c1-25-15-19(18-7-3-4-12-21-18)22-20(24)16-8-10-17(11-9-16)23-13-5-2-6-14-23/h3-4,7-12,19H,2,5-6,13-15H2,1H3,(H,22,24). The van der Waals surface area contributed by atoms with E-state index in [-0.39, 0.29) is 11.9 Å². The average molecular weight is 339 g/mol. The number of rotatable bonds is 6. The van der Waals surface area contributed by atoms with Crippen molar-refractivity contribution < 1.29 is 9.53 Å². The Kier molecular flexibility index (Phi) is 6.01. The highest BCUT2D eigenvalue weighted by Crippen LogP contribution is 2.20. The monoisotopic (exact) mass is 339 g/mol. The molecule has 0 radical (unpaired) electrons. The van der Waals surface area contributed by atoms with E-state index in [4.69, 9.17) is 4.74 Å². The summed E-state index contributed by atoms with van der Waals surface area (Å²) >= 11 is 0. The number of nitrogens with zero attached hydrogens (tertiary/aromatic N) is 2. The smallest absolute Gasteiger partial charge is 0.251 e. The summed E-state index contributed by atoms with van der Waals surface area (Å²) in [7, 11) is 1.62. The minimum Gasteiger partial charge on any atom is -0.382 e. The molecule has 1 unspecified atom stereocenters. The van der Waals surface area contributed by atoms with Gasteiger partial charge in [0.2, 0.25) is 0 Å². The molecule has 5 nitrogen and oxygen atoms in total. The van der Waals surface area contributed by atoms with Crippen molar-refractivity contribution in [3.05, 3.63) is 59.9 Å². The van der Waals surface area contributed by atoms with E-state index in [0.717, 1.165) is 18.8 Å². The average Bonchev–Trinajstić information content (AvgIpc) is 2.69. The maximum Gasteiger partial charge on any atom is 0.251 e. The van der Waals surface area contributed by atoms with Crippen LogP contribution in [0.1, 0.15) is 41.4 Å². The third kappa shape index (κ3) is 4.57. The summed E-state index contributed by atoms with van der Waals surface area (Å²) in [6.07, 6.45) is 5.51. The molecule has 0 saturated carbocycles. The zero-order chi connectivity index (χ0) is 17.5. The summed E-state index contributed by atoms with van der Waals surface area (Å²) in [6, 6.07) is 13.2. The van der Waals surface area contributed by atoms with E-state index < -0.39 is 0 Å². The molecule has 25 heavy (non-hydrogen) atoms. The Morgan fingerprint density at radius 3 is 2.56 bits per heavy atom. The molecule has 1 saturated heterocycles. The number of hydrogen-bond acceptors (Lipinski definition) is 4. The number of methoxy groups -OCH3 is 1. The molecule has 1 aromatic carbocycles. The van der Waals surface area contributed by atoms with Gasteiger partial charge in [-0.2, -0.15) is 0 Å². The number of anilines is 1. The van der Waals surface area contributed by atoms with Gasteiger partial charge in [-0.3, -0.25) is 9.78 Å². The molecule has 1 fully saturated rings. The van der Waals surface area contributed by atoms with Crippen LogP contribution in [-0.4, -0.2) is 37.7 Å². The van der Waals surface area contributed by atoms with Crippen LogP contribution in [0, 0.1) is 0 Å². The van der Waals surface area contributed by atoms with E-state index in [1.54, 1.807) is 13.3 Å². The second-order valence-electron chi connectivity index (χ2n) is 6.33. The van der Waals surface area contributed by atoms with Crippen LogP contribution in [0.15, 0.2) is 48.7 Å². The number of ether oxygens (including phenoxy) is 1. The predicted molar refractivity (Wildman–Crippen MR) is 98.8 cm³/mol. The number of benzene rings is 1. The zero-order valence-corrected chi connectivity index (χ0v) is 14.6. The molecule has 1 atom stereocenters. The highest BCUT2D eigenvalue weighted by atomic mass is 16.5. The second kappa shape index (κ2) is 8.62. The fourth-order valence-corrected chi connectivity index (χ4v) is 3.17. The van der Waals surface area contributed by atoms with Crippen LogP contribution in [0.25, 0.3) is 0 Å². The SMILES string of the molecule is COCC(NC(=O)c1ccc(N2CCCCC2)cc1)c1ccccn1. The Morgan fingerprint density at radius 2 is 1.92 bits per heavy atom. The summed E-state index contributed by atoms with van der Waals surface area (Å²) in [6.45, 7) is 2.58. The first-order chi connectivity index (χ1) is 12.3. The van der Waals surface area contributed by atoms with E-state index in [0.29, 0.717) is 12.2 Å². The Labute approximate surface area is 149 Å². The topological polar surface area (TPSA) is 54.5 Å². The van der Waals surface area contributed by atoms with E-state index >= 15 is 0 Å². The number of piperidine rings is 1. The first kappa shape index (κ1) is 17.4. The van der Waals surface area contributed by atoms with Gasteiger partial charge in [0.05, 0.1) is 18.3 Å². The van der Waals surface area contributed by atoms with Crippen molar-refractivity contribution in [1.29, 1.82) is 0 Å². The lowest BCUT2D eigenvalue weighted by atomic mass is 10.1. The maximum atomic E-state index is 12.6. The van der Waals surface area contributed by atoms with Crippen molar-refractivity contribution in [3.63, 3.8) is 0 Å². The third-order valence-electron chi connectivity index (χ3n) is 4.53. The van der Waals surface area contributed by atoms with Gasteiger partial charge < -0.3 is 15.0 Å². The lowest BCUT2D eigenvalue weighted by Gasteiger charge is -2.28. The molecule has 1 N–H and O–H groups in total. The Morgan fingerprint density at radius 1 is 1.16 bits per heavy atom. The van der Waals surface area contributed by atoms with Crippen LogP contribution >= 0.6 is 0 Å². The molecule has 1 aliphatic heterocycles. The van der Waals surface area contributed by atoms with Crippen LogP contribution in [0.3, 0.4) is 0 Å². The maximum absolute atomic E-state index is 12.6. The fourth-order valence-electron chi connectivity index (χ4n) is 3.17. The molecule has 2 aromatic rings. The summed E-state index contributed by atoms with van der Waals surface area (Å²) in [5.74, 6) is -0.113. The number of carbonyl (C=O) groups excluding carboxylic acids is 1. The molecule has 0 bridgehead atoms. The van der Waals surface area contributed by atoms with E-state index in [1.807, 2.05) is 42.5 Å². The van der Waals surface area contributed by atoms with Gasteiger partial charge in [-0.15, -0.1) is 0 Å². The number of carbonyl (C=O) groups is 1. The van der Waals surface area contributed by atoms with Crippen molar-refractivity contribution in [2.24, 2.45) is 0 Å². The quantitative estimate of drug-likeness (QED) is 0.878. The number of amides is 1. The van der Waals surface area contributed by atoms with Gasteiger partial charge in [0.15, 0.2) is 0 Å². The highest BCUT2D eigenvalue weighted by Gasteiger charge is 2.17. The predicted octanol–water partition coefficient (Wildman–Crippen LogP) is 3.19. The molecule has 1 aliphatic rings. The molecule has 0 aliphatic carbocycles. The molecule has 1 amide bonds. The van der Waals surface area contributed by atoms with Crippen molar-refractivity contribution in [3.8, 4) is 0 Å². The lowest BCUT2D eigenvalue weighted by molar-refractivity contribution is 0.0894. The molecular formula is C20H25N3O2. The van der Waals surface area contributed by atoms with Crippen molar-refractivity contribution >= 4 is 11.6 Å². The van der Waals surface area contributed by atoms with Gasteiger partial charge in [0.1, 0.15) is 0 Å². The van der Waals surface area contributed by atoms with Crippen LogP contribution in [0.4, 0.5) is 5.69 Å². The minimum atomic E-state index is -0.263. The molecule has 0 spiro atoms. The van der Waals surface area contributed by atoms with Crippen molar-refractivity contribution in [2.45, 2.75) is 25.3 Å². The fraction of sp³-hybridized carbons (Fsp3) is 0.400. The molecular weight excluding hydrogens is 314 g/mol. The zero-order valence-electron chi connectivity index (χ0n) is 14.6. The van der Waals surface area contributed by atoms with Gasteiger partial charge in [-0.25, -0.2) is 0 Å². The van der Waals surface area contributed by atoms with Gasteiger partial charge in [0, 0.05) is 37.6 Å². The number of nitrogens with one attached hydrogen (secondary N) is 1. The van der Waals surface area contributed by atoms with E-state index in [1.165, 1.54) is 24.9 Å². The summed E-state index contributed by atoms with van der Waals surface area (Å²) < 4.78 is 5.23. The first-order valence-corrected chi connectivity index (χ1v) is 8.83. The minimum absolute atomic E-state index is 0.113. The normalized spacial score (nSPS) is 15.6. The number of pyridine rings is 1. The van der Waals surface area contributed by atoms with Gasteiger partial charge in [0.25, 0.3) is 5.91 Å². The largest absolute Gasteiger partial charge is 0.382 e. The van der Waals surface area contributed by atoms with Crippen LogP contribution in [0.5, 0.6) is 0 Å². The summed E-state index contributed by atoms with van der Waals surface area (Å²) in [5, 5.41) is 3.01. The molecule has 5 heteroatoms. The van der Waals surface area contributed by atoms with Crippen LogP contribution in [-0.2, 0) is 4.74 Å². The lowest BCUT2D eigenvalue weighted by Crippen LogP contribution is -2.32.